The Morgan fingerprint density at radius 3 is 2.56 bits per heavy atom. The van der Waals surface area contributed by atoms with Crippen LogP contribution < -0.4 is 11.1 Å². The van der Waals surface area contributed by atoms with E-state index in [0.717, 1.165) is 11.8 Å². The molecule has 2 rings (SSSR count). The van der Waals surface area contributed by atoms with E-state index >= 15 is 0 Å². The quantitative estimate of drug-likeness (QED) is 0.745. The van der Waals surface area contributed by atoms with Gasteiger partial charge in [0.15, 0.2) is 0 Å². The summed E-state index contributed by atoms with van der Waals surface area (Å²) in [4.78, 5) is 2.45. The van der Waals surface area contributed by atoms with Crippen molar-refractivity contribution in [2.75, 3.05) is 13.1 Å². The first kappa shape index (κ1) is 11.5. The Morgan fingerprint density at radius 1 is 1.38 bits per heavy atom. The van der Waals surface area contributed by atoms with Crippen LogP contribution >= 0.6 is 0 Å². The van der Waals surface area contributed by atoms with Crippen LogP contribution in [-0.2, 0) is 0 Å². The fourth-order valence-corrected chi connectivity index (χ4v) is 2.51. The van der Waals surface area contributed by atoms with Crippen molar-refractivity contribution in [2.24, 2.45) is 17.6 Å². The zero-order valence-corrected chi connectivity index (χ0v) is 10.3. The van der Waals surface area contributed by atoms with E-state index in [0.29, 0.717) is 0 Å². The fraction of sp³-hybridized carbons (Fsp3) is 0.692. The van der Waals surface area contributed by atoms with Gasteiger partial charge in [0.25, 0.3) is 0 Å². The lowest BCUT2D eigenvalue weighted by molar-refractivity contribution is 0.193. The van der Waals surface area contributed by atoms with Crippen molar-refractivity contribution < 1.29 is 0 Å². The molecule has 0 amide bonds. The summed E-state index contributed by atoms with van der Waals surface area (Å²) in [7, 11) is 0. The molecule has 0 aliphatic carbocycles. The monoisotopic (exact) mass is 221 g/mol. The molecule has 2 aliphatic rings. The van der Waals surface area contributed by atoms with Crippen molar-refractivity contribution in [1.82, 2.24) is 10.2 Å². The van der Waals surface area contributed by atoms with Gasteiger partial charge < -0.3 is 16.0 Å². The largest absolute Gasteiger partial charge is 0.371 e. The summed E-state index contributed by atoms with van der Waals surface area (Å²) in [6.07, 6.45) is 8.81. The molecule has 0 aromatic rings. The van der Waals surface area contributed by atoms with E-state index in [1.54, 1.807) is 0 Å². The molecule has 3 N–H and O–H groups in total. The molecule has 1 saturated heterocycles. The molecule has 0 aromatic heterocycles. The van der Waals surface area contributed by atoms with Crippen molar-refractivity contribution in [1.29, 1.82) is 0 Å². The number of nitrogens with zero attached hydrogens (tertiary/aromatic N) is 1. The van der Waals surface area contributed by atoms with E-state index in [2.05, 4.69) is 30.1 Å². The van der Waals surface area contributed by atoms with Gasteiger partial charge in [-0.05, 0) is 36.8 Å². The Labute approximate surface area is 98.4 Å². The lowest BCUT2D eigenvalue weighted by Gasteiger charge is -2.36. The first-order valence-corrected chi connectivity index (χ1v) is 6.32. The highest BCUT2D eigenvalue weighted by Gasteiger charge is 2.22. The van der Waals surface area contributed by atoms with Gasteiger partial charge in [-0.1, -0.05) is 13.8 Å². The Kier molecular flexibility index (Phi) is 3.54. The van der Waals surface area contributed by atoms with Crippen LogP contribution in [0.25, 0.3) is 0 Å². The maximum Gasteiger partial charge on any atom is 0.0935 e. The minimum atomic E-state index is -0.0167. The van der Waals surface area contributed by atoms with Crippen LogP contribution in [0.2, 0.25) is 0 Å². The zero-order valence-electron chi connectivity index (χ0n) is 10.3. The van der Waals surface area contributed by atoms with Gasteiger partial charge >= 0.3 is 0 Å². The number of piperidine rings is 1. The van der Waals surface area contributed by atoms with Gasteiger partial charge in [-0.2, -0.15) is 0 Å². The Balaban J connectivity index is 1.88. The van der Waals surface area contributed by atoms with Crippen LogP contribution in [-0.4, -0.2) is 24.2 Å². The van der Waals surface area contributed by atoms with E-state index in [9.17, 15) is 0 Å². The number of hydrogen-bond acceptors (Lipinski definition) is 3. The number of rotatable bonds is 2. The number of nitrogens with two attached hydrogens (primary N) is 1. The predicted molar refractivity (Wildman–Crippen MR) is 67.5 cm³/mol. The van der Waals surface area contributed by atoms with Crippen LogP contribution in [0.4, 0.5) is 0 Å². The third-order valence-electron chi connectivity index (χ3n) is 3.75. The standard InChI is InChI=1S/C13H23N3/c1-10(2)11-5-7-16(8-6-11)12-3-4-13(14)15-9-12/h3-4,9-11,13,15H,5-8,14H2,1-2H3. The number of likely N-dealkylation sites (tertiary alicyclic amines) is 1. The van der Waals surface area contributed by atoms with Gasteiger partial charge in [-0.15, -0.1) is 0 Å². The lowest BCUT2D eigenvalue weighted by atomic mass is 9.86. The molecule has 1 atom stereocenters. The van der Waals surface area contributed by atoms with Crippen molar-refractivity contribution in [2.45, 2.75) is 32.9 Å². The first-order valence-electron chi connectivity index (χ1n) is 6.32. The predicted octanol–water partition coefficient (Wildman–Crippen LogP) is 1.64. The summed E-state index contributed by atoms with van der Waals surface area (Å²) >= 11 is 0. The molecular formula is C13H23N3. The van der Waals surface area contributed by atoms with Crippen molar-refractivity contribution in [3.05, 3.63) is 24.0 Å². The third kappa shape index (κ3) is 2.59. The first-order chi connectivity index (χ1) is 7.66. The summed E-state index contributed by atoms with van der Waals surface area (Å²) in [6.45, 7) is 7.02. The van der Waals surface area contributed by atoms with E-state index in [-0.39, 0.29) is 6.17 Å². The minimum absolute atomic E-state index is 0.0167. The highest BCUT2D eigenvalue weighted by atomic mass is 15.2. The third-order valence-corrected chi connectivity index (χ3v) is 3.75. The molecule has 3 nitrogen and oxygen atoms in total. The molecule has 0 bridgehead atoms. The molecule has 0 saturated carbocycles. The Bertz CT molecular complexity index is 286. The molecule has 0 spiro atoms. The van der Waals surface area contributed by atoms with Crippen LogP contribution in [0.1, 0.15) is 26.7 Å². The van der Waals surface area contributed by atoms with Gasteiger partial charge in [-0.3, -0.25) is 0 Å². The molecule has 3 heteroatoms. The molecule has 0 aromatic carbocycles. The number of dihydropyridines is 1. The summed E-state index contributed by atoms with van der Waals surface area (Å²) < 4.78 is 0. The van der Waals surface area contributed by atoms with E-state index in [1.807, 2.05) is 12.3 Å². The van der Waals surface area contributed by atoms with Crippen molar-refractivity contribution in [3.63, 3.8) is 0 Å². The van der Waals surface area contributed by atoms with Crippen LogP contribution in [0.15, 0.2) is 24.0 Å². The van der Waals surface area contributed by atoms with Crippen molar-refractivity contribution in [3.8, 4) is 0 Å². The second kappa shape index (κ2) is 4.91. The number of nitrogens with one attached hydrogen (secondary N) is 1. The summed E-state index contributed by atoms with van der Waals surface area (Å²) in [5, 5.41) is 3.15. The minimum Gasteiger partial charge on any atom is -0.371 e. The lowest BCUT2D eigenvalue weighted by Crippen LogP contribution is -2.39. The Hall–Kier alpha value is -0.960. The van der Waals surface area contributed by atoms with E-state index in [1.165, 1.54) is 31.6 Å². The van der Waals surface area contributed by atoms with Gasteiger partial charge in [-0.25, -0.2) is 0 Å². The molecule has 90 valence electrons. The SMILES string of the molecule is CC(C)C1CCN(C2=CNC(N)C=C2)CC1. The van der Waals surface area contributed by atoms with Gasteiger partial charge in [0, 0.05) is 19.3 Å². The molecule has 1 fully saturated rings. The van der Waals surface area contributed by atoms with Gasteiger partial charge in [0.2, 0.25) is 0 Å². The van der Waals surface area contributed by atoms with E-state index in [4.69, 9.17) is 5.73 Å². The molecule has 2 heterocycles. The van der Waals surface area contributed by atoms with E-state index < -0.39 is 0 Å². The van der Waals surface area contributed by atoms with Crippen molar-refractivity contribution >= 4 is 0 Å². The highest BCUT2D eigenvalue weighted by molar-refractivity contribution is 5.22. The zero-order chi connectivity index (χ0) is 11.5. The Morgan fingerprint density at radius 2 is 2.06 bits per heavy atom. The van der Waals surface area contributed by atoms with Crippen LogP contribution in [0.5, 0.6) is 0 Å². The van der Waals surface area contributed by atoms with Gasteiger partial charge in [0.05, 0.1) is 11.9 Å². The molecule has 16 heavy (non-hydrogen) atoms. The second-order valence-electron chi connectivity index (χ2n) is 5.19. The van der Waals surface area contributed by atoms with Crippen LogP contribution in [0.3, 0.4) is 0 Å². The second-order valence-corrected chi connectivity index (χ2v) is 5.19. The molecule has 2 aliphatic heterocycles. The fourth-order valence-electron chi connectivity index (χ4n) is 2.51. The number of hydrogen-bond donors (Lipinski definition) is 2. The molecule has 0 radical (unpaired) electrons. The summed E-state index contributed by atoms with van der Waals surface area (Å²) in [5.41, 5.74) is 7.01. The highest BCUT2D eigenvalue weighted by Crippen LogP contribution is 2.26. The van der Waals surface area contributed by atoms with Gasteiger partial charge in [0.1, 0.15) is 0 Å². The topological polar surface area (TPSA) is 41.3 Å². The summed E-state index contributed by atoms with van der Waals surface area (Å²) in [5.74, 6) is 1.73. The number of allylic oxidation sites excluding steroid dienone is 1. The smallest absolute Gasteiger partial charge is 0.0935 e. The average Bonchev–Trinajstić information content (AvgIpc) is 2.30. The van der Waals surface area contributed by atoms with Crippen LogP contribution in [0, 0.1) is 11.8 Å². The summed E-state index contributed by atoms with van der Waals surface area (Å²) in [6, 6.07) is 0. The maximum absolute atomic E-state index is 5.73. The molecular weight excluding hydrogens is 198 g/mol. The normalized spacial score (nSPS) is 26.9. The molecule has 1 unspecified atom stereocenters. The average molecular weight is 221 g/mol. The maximum atomic E-state index is 5.73.